The van der Waals surface area contributed by atoms with Crippen LogP contribution in [0.15, 0.2) is 17.5 Å². The molecule has 1 aromatic heterocycles. The lowest BCUT2D eigenvalue weighted by atomic mass is 10.2. The van der Waals surface area contributed by atoms with E-state index in [1.807, 2.05) is 17.5 Å². The van der Waals surface area contributed by atoms with Gasteiger partial charge in [-0.1, -0.05) is 6.07 Å². The van der Waals surface area contributed by atoms with Crippen LogP contribution in [0, 0.1) is 0 Å². The highest BCUT2D eigenvalue weighted by atomic mass is 32.1. The Kier molecular flexibility index (Phi) is 2.86. The predicted molar refractivity (Wildman–Crippen MR) is 41.0 cm³/mol. The number of thiophene rings is 1. The third-order valence-electron chi connectivity index (χ3n) is 1.27. The number of aliphatic hydroxyl groups is 2. The van der Waals surface area contributed by atoms with Crippen LogP contribution in [0.4, 0.5) is 0 Å². The molecule has 0 unspecified atom stereocenters. The van der Waals surface area contributed by atoms with Crippen LogP contribution in [0.1, 0.15) is 17.4 Å². The van der Waals surface area contributed by atoms with Gasteiger partial charge in [0.2, 0.25) is 0 Å². The molecule has 0 amide bonds. The van der Waals surface area contributed by atoms with Crippen molar-refractivity contribution in [2.75, 3.05) is 6.61 Å². The maximum Gasteiger partial charge on any atom is 0.0903 e. The van der Waals surface area contributed by atoms with Crippen molar-refractivity contribution in [1.29, 1.82) is 0 Å². The van der Waals surface area contributed by atoms with Gasteiger partial charge in [-0.3, -0.25) is 0 Å². The number of aliphatic hydroxyl groups excluding tert-OH is 2. The fraction of sp³-hybridized carbons (Fsp3) is 0.429. The topological polar surface area (TPSA) is 40.5 Å². The summed E-state index contributed by atoms with van der Waals surface area (Å²) in [6, 6.07) is 3.76. The Morgan fingerprint density at radius 3 is 2.90 bits per heavy atom. The van der Waals surface area contributed by atoms with E-state index in [9.17, 15) is 5.11 Å². The molecule has 0 aliphatic carbocycles. The summed E-state index contributed by atoms with van der Waals surface area (Å²) in [5, 5.41) is 19.7. The Morgan fingerprint density at radius 1 is 1.60 bits per heavy atom. The van der Waals surface area contributed by atoms with E-state index in [1.54, 1.807) is 0 Å². The zero-order valence-corrected chi connectivity index (χ0v) is 6.34. The Bertz CT molecular complexity index is 172. The van der Waals surface area contributed by atoms with Gasteiger partial charge in [0, 0.05) is 17.9 Å². The van der Waals surface area contributed by atoms with Crippen LogP contribution >= 0.6 is 11.3 Å². The van der Waals surface area contributed by atoms with Gasteiger partial charge in [-0.05, 0) is 11.4 Å². The first-order chi connectivity index (χ1) is 4.84. The van der Waals surface area contributed by atoms with Gasteiger partial charge >= 0.3 is 0 Å². The van der Waals surface area contributed by atoms with Gasteiger partial charge in [0.1, 0.15) is 0 Å². The van der Waals surface area contributed by atoms with Gasteiger partial charge < -0.3 is 10.2 Å². The molecule has 0 bridgehead atoms. The molecule has 0 saturated carbocycles. The summed E-state index contributed by atoms with van der Waals surface area (Å²) in [5.41, 5.74) is 0. The molecule has 0 spiro atoms. The standard InChI is InChI=1S/C7H10O2S/c8-4-3-6(9)7-2-1-5-10-7/h1-2,5-6,8-9H,3-4H2/t6-/m1/s1. The van der Waals surface area contributed by atoms with Gasteiger partial charge in [0.05, 0.1) is 6.10 Å². The van der Waals surface area contributed by atoms with Crippen molar-refractivity contribution in [3.8, 4) is 0 Å². The maximum absolute atomic E-state index is 9.26. The fourth-order valence-corrected chi connectivity index (χ4v) is 1.49. The van der Waals surface area contributed by atoms with Crippen LogP contribution in [0.5, 0.6) is 0 Å². The number of hydrogen-bond acceptors (Lipinski definition) is 3. The first-order valence-electron chi connectivity index (χ1n) is 3.17. The minimum Gasteiger partial charge on any atom is -0.396 e. The first-order valence-corrected chi connectivity index (χ1v) is 4.05. The molecule has 1 rings (SSSR count). The van der Waals surface area contributed by atoms with Crippen LogP contribution in [0.3, 0.4) is 0 Å². The molecule has 0 radical (unpaired) electrons. The fourth-order valence-electron chi connectivity index (χ4n) is 0.745. The summed E-state index contributed by atoms with van der Waals surface area (Å²) in [6.07, 6.45) is -0.0504. The molecule has 2 nitrogen and oxygen atoms in total. The molecule has 1 atom stereocenters. The zero-order valence-electron chi connectivity index (χ0n) is 5.53. The van der Waals surface area contributed by atoms with Gasteiger partial charge in [0.25, 0.3) is 0 Å². The smallest absolute Gasteiger partial charge is 0.0903 e. The summed E-state index contributed by atoms with van der Waals surface area (Å²) in [7, 11) is 0. The van der Waals surface area contributed by atoms with Crippen molar-refractivity contribution in [2.45, 2.75) is 12.5 Å². The molecule has 56 valence electrons. The van der Waals surface area contributed by atoms with E-state index in [-0.39, 0.29) is 6.61 Å². The molecular formula is C7H10O2S. The van der Waals surface area contributed by atoms with Crippen LogP contribution < -0.4 is 0 Å². The molecule has 3 heteroatoms. The van der Waals surface area contributed by atoms with Crippen LogP contribution in [0.25, 0.3) is 0 Å². The molecule has 10 heavy (non-hydrogen) atoms. The molecular weight excluding hydrogens is 148 g/mol. The van der Waals surface area contributed by atoms with Crippen molar-refractivity contribution >= 4 is 11.3 Å². The van der Waals surface area contributed by atoms with Crippen molar-refractivity contribution in [1.82, 2.24) is 0 Å². The maximum atomic E-state index is 9.26. The Labute approximate surface area is 63.8 Å². The molecule has 1 heterocycles. The lowest BCUT2D eigenvalue weighted by molar-refractivity contribution is 0.137. The normalized spacial score (nSPS) is 13.4. The molecule has 0 fully saturated rings. The molecule has 0 aromatic carbocycles. The quantitative estimate of drug-likeness (QED) is 0.693. The van der Waals surface area contributed by atoms with E-state index in [0.29, 0.717) is 6.42 Å². The van der Waals surface area contributed by atoms with E-state index in [0.717, 1.165) is 4.88 Å². The Balaban J connectivity index is 2.50. The second kappa shape index (κ2) is 3.71. The van der Waals surface area contributed by atoms with Gasteiger partial charge in [0.15, 0.2) is 0 Å². The average molecular weight is 158 g/mol. The van der Waals surface area contributed by atoms with E-state index < -0.39 is 6.10 Å². The number of hydrogen-bond donors (Lipinski definition) is 2. The molecule has 2 N–H and O–H groups in total. The first kappa shape index (κ1) is 7.72. The van der Waals surface area contributed by atoms with Crippen LogP contribution in [-0.4, -0.2) is 16.8 Å². The molecule has 0 aliphatic heterocycles. The Morgan fingerprint density at radius 2 is 2.40 bits per heavy atom. The largest absolute Gasteiger partial charge is 0.396 e. The third kappa shape index (κ3) is 1.80. The summed E-state index contributed by atoms with van der Waals surface area (Å²) >= 11 is 1.51. The van der Waals surface area contributed by atoms with Gasteiger partial charge in [-0.2, -0.15) is 0 Å². The van der Waals surface area contributed by atoms with E-state index in [4.69, 9.17) is 5.11 Å². The number of rotatable bonds is 3. The monoisotopic (exact) mass is 158 g/mol. The van der Waals surface area contributed by atoms with Crippen LogP contribution in [-0.2, 0) is 0 Å². The molecule has 0 saturated heterocycles. The SMILES string of the molecule is OCC[C@@H](O)c1cccs1. The van der Waals surface area contributed by atoms with E-state index in [1.165, 1.54) is 11.3 Å². The van der Waals surface area contributed by atoms with Crippen molar-refractivity contribution < 1.29 is 10.2 Å². The molecule has 1 aromatic rings. The highest BCUT2D eigenvalue weighted by Gasteiger charge is 2.05. The van der Waals surface area contributed by atoms with Crippen molar-refractivity contribution in [3.05, 3.63) is 22.4 Å². The zero-order chi connectivity index (χ0) is 7.40. The summed E-state index contributed by atoms with van der Waals surface area (Å²) in [5.74, 6) is 0. The summed E-state index contributed by atoms with van der Waals surface area (Å²) in [4.78, 5) is 0.925. The lowest BCUT2D eigenvalue weighted by Crippen LogP contribution is -1.96. The van der Waals surface area contributed by atoms with Crippen molar-refractivity contribution in [2.24, 2.45) is 0 Å². The van der Waals surface area contributed by atoms with E-state index in [2.05, 4.69) is 0 Å². The Hall–Kier alpha value is -0.380. The second-order valence-corrected chi connectivity index (χ2v) is 3.02. The minimum atomic E-state index is -0.481. The summed E-state index contributed by atoms with van der Waals surface area (Å²) < 4.78 is 0. The highest BCUT2D eigenvalue weighted by Crippen LogP contribution is 2.20. The average Bonchev–Trinajstić information content (AvgIpc) is 2.38. The van der Waals surface area contributed by atoms with E-state index >= 15 is 0 Å². The van der Waals surface area contributed by atoms with Crippen LogP contribution in [0.2, 0.25) is 0 Å². The van der Waals surface area contributed by atoms with Crippen molar-refractivity contribution in [3.63, 3.8) is 0 Å². The van der Waals surface area contributed by atoms with Gasteiger partial charge in [-0.15, -0.1) is 11.3 Å². The second-order valence-electron chi connectivity index (χ2n) is 2.04. The highest BCUT2D eigenvalue weighted by molar-refractivity contribution is 7.10. The third-order valence-corrected chi connectivity index (χ3v) is 2.25. The lowest BCUT2D eigenvalue weighted by Gasteiger charge is -2.03. The van der Waals surface area contributed by atoms with Gasteiger partial charge in [-0.25, -0.2) is 0 Å². The molecule has 0 aliphatic rings. The predicted octanol–water partition coefficient (Wildman–Crippen LogP) is 1.16. The minimum absolute atomic E-state index is 0.0407. The summed E-state index contributed by atoms with van der Waals surface area (Å²) in [6.45, 7) is 0.0407.